The van der Waals surface area contributed by atoms with E-state index in [1.807, 2.05) is 59.1 Å². The molecule has 2 aromatic heterocycles. The minimum Gasteiger partial charge on any atom is -0.497 e. The zero-order valence-electron chi connectivity index (χ0n) is 14.3. The van der Waals surface area contributed by atoms with Crippen LogP contribution in [-0.4, -0.2) is 28.6 Å². The molecule has 0 radical (unpaired) electrons. The summed E-state index contributed by atoms with van der Waals surface area (Å²) >= 11 is 3.66. The lowest BCUT2D eigenvalue weighted by Crippen LogP contribution is -1.93. The van der Waals surface area contributed by atoms with Crippen molar-refractivity contribution in [1.82, 2.24) is 14.4 Å². The van der Waals surface area contributed by atoms with Crippen LogP contribution in [0.3, 0.4) is 0 Å². The molecule has 0 spiro atoms. The Kier molecular flexibility index (Phi) is 4.34. The Labute approximate surface area is 159 Å². The molecular weight excluding hydrogens is 394 g/mol. The smallest absolute Gasteiger partial charge is 0.234 e. The van der Waals surface area contributed by atoms with E-state index in [-0.39, 0.29) is 0 Å². The number of methoxy groups -OCH3 is 2. The normalized spacial score (nSPS) is 10.9. The second-order valence-electron chi connectivity index (χ2n) is 5.67. The maximum Gasteiger partial charge on any atom is 0.234 e. The minimum absolute atomic E-state index is 0.642. The average Bonchev–Trinajstić information content (AvgIpc) is 3.08. The number of hydrogen-bond donors (Lipinski definition) is 0. The summed E-state index contributed by atoms with van der Waals surface area (Å²) in [4.78, 5) is 9.16. The van der Waals surface area contributed by atoms with Gasteiger partial charge in [0.25, 0.3) is 0 Å². The fourth-order valence-corrected chi connectivity index (χ4v) is 3.34. The number of benzene rings is 2. The Morgan fingerprint density at radius 3 is 2.42 bits per heavy atom. The van der Waals surface area contributed by atoms with E-state index in [2.05, 4.69) is 20.9 Å². The van der Waals surface area contributed by atoms with Crippen molar-refractivity contribution in [3.05, 3.63) is 65.4 Å². The van der Waals surface area contributed by atoms with Gasteiger partial charge in [0.2, 0.25) is 5.78 Å². The first-order valence-corrected chi connectivity index (χ1v) is 8.82. The standard InChI is InChI=1S/C20H16BrN3O2/c1-25-14-6-4-13(5-7-14)18-19(24-11-3-10-22-20(24)23-18)16-12-15(26-2)8-9-17(16)21/h3-12H,1-2H3. The number of fused-ring (bicyclic) bond motifs is 1. The fraction of sp³-hybridized carbons (Fsp3) is 0.100. The molecule has 130 valence electrons. The summed E-state index contributed by atoms with van der Waals surface area (Å²) < 4.78 is 13.6. The number of aromatic nitrogens is 3. The average molecular weight is 410 g/mol. The summed E-state index contributed by atoms with van der Waals surface area (Å²) in [6.07, 6.45) is 3.70. The van der Waals surface area contributed by atoms with Gasteiger partial charge < -0.3 is 9.47 Å². The molecule has 6 heteroatoms. The third-order valence-corrected chi connectivity index (χ3v) is 4.89. The molecule has 26 heavy (non-hydrogen) atoms. The molecule has 4 rings (SSSR count). The van der Waals surface area contributed by atoms with Gasteiger partial charge in [0, 0.05) is 28.0 Å². The summed E-state index contributed by atoms with van der Waals surface area (Å²) in [5.74, 6) is 2.23. The molecule has 0 saturated heterocycles. The monoisotopic (exact) mass is 409 g/mol. The fourth-order valence-electron chi connectivity index (χ4n) is 2.91. The number of ether oxygens (including phenoxy) is 2. The van der Waals surface area contributed by atoms with Crippen LogP contribution in [0.15, 0.2) is 65.4 Å². The molecule has 0 fully saturated rings. The molecule has 5 nitrogen and oxygen atoms in total. The van der Waals surface area contributed by atoms with Gasteiger partial charge in [0.15, 0.2) is 0 Å². The van der Waals surface area contributed by atoms with Crippen LogP contribution in [0.2, 0.25) is 0 Å². The van der Waals surface area contributed by atoms with E-state index in [1.54, 1.807) is 20.4 Å². The Bertz CT molecular complexity index is 1070. The van der Waals surface area contributed by atoms with Crippen LogP contribution in [0.25, 0.3) is 28.3 Å². The zero-order chi connectivity index (χ0) is 18.1. The molecule has 0 saturated carbocycles. The van der Waals surface area contributed by atoms with Crippen molar-refractivity contribution >= 4 is 21.7 Å². The Morgan fingerprint density at radius 1 is 0.962 bits per heavy atom. The lowest BCUT2D eigenvalue weighted by Gasteiger charge is -2.10. The molecule has 0 unspecified atom stereocenters. The molecule has 2 aromatic carbocycles. The van der Waals surface area contributed by atoms with Gasteiger partial charge in [-0.25, -0.2) is 9.97 Å². The minimum atomic E-state index is 0.642. The second kappa shape index (κ2) is 6.80. The van der Waals surface area contributed by atoms with Crippen molar-refractivity contribution in [2.75, 3.05) is 14.2 Å². The van der Waals surface area contributed by atoms with E-state index in [4.69, 9.17) is 14.5 Å². The number of hydrogen-bond acceptors (Lipinski definition) is 4. The first-order valence-electron chi connectivity index (χ1n) is 8.02. The van der Waals surface area contributed by atoms with Crippen molar-refractivity contribution in [1.29, 1.82) is 0 Å². The maximum atomic E-state index is 5.41. The van der Waals surface area contributed by atoms with Crippen molar-refractivity contribution in [3.8, 4) is 34.0 Å². The van der Waals surface area contributed by atoms with E-state index < -0.39 is 0 Å². The van der Waals surface area contributed by atoms with E-state index in [0.717, 1.165) is 38.5 Å². The highest BCUT2D eigenvalue weighted by atomic mass is 79.9. The van der Waals surface area contributed by atoms with Crippen LogP contribution < -0.4 is 9.47 Å². The predicted octanol–water partition coefficient (Wildman–Crippen LogP) is 4.84. The van der Waals surface area contributed by atoms with Gasteiger partial charge in [-0.1, -0.05) is 15.9 Å². The largest absolute Gasteiger partial charge is 0.497 e. The van der Waals surface area contributed by atoms with E-state index in [9.17, 15) is 0 Å². The van der Waals surface area contributed by atoms with Crippen molar-refractivity contribution in [2.24, 2.45) is 0 Å². The number of halogens is 1. The maximum absolute atomic E-state index is 5.41. The molecule has 0 bridgehead atoms. The lowest BCUT2D eigenvalue weighted by atomic mass is 10.0. The van der Waals surface area contributed by atoms with Crippen LogP contribution in [-0.2, 0) is 0 Å². The molecule has 0 aliphatic carbocycles. The summed E-state index contributed by atoms with van der Waals surface area (Å²) in [7, 11) is 3.32. The summed E-state index contributed by atoms with van der Waals surface area (Å²) in [5.41, 5.74) is 3.76. The quantitative estimate of drug-likeness (QED) is 0.483. The van der Waals surface area contributed by atoms with Crippen LogP contribution in [0.5, 0.6) is 11.5 Å². The third-order valence-electron chi connectivity index (χ3n) is 4.20. The SMILES string of the molecule is COc1ccc(-c2nc3ncccn3c2-c2cc(OC)ccc2Br)cc1. The molecule has 0 amide bonds. The van der Waals surface area contributed by atoms with Crippen LogP contribution in [0.4, 0.5) is 0 Å². The van der Waals surface area contributed by atoms with Crippen LogP contribution in [0.1, 0.15) is 0 Å². The number of nitrogens with zero attached hydrogens (tertiary/aromatic N) is 3. The first kappa shape index (κ1) is 16.6. The van der Waals surface area contributed by atoms with Gasteiger partial charge in [-0.2, -0.15) is 0 Å². The van der Waals surface area contributed by atoms with E-state index >= 15 is 0 Å². The Hall–Kier alpha value is -2.86. The lowest BCUT2D eigenvalue weighted by molar-refractivity contribution is 0.415. The molecule has 0 atom stereocenters. The number of imidazole rings is 1. The van der Waals surface area contributed by atoms with E-state index in [0.29, 0.717) is 5.78 Å². The highest BCUT2D eigenvalue weighted by Gasteiger charge is 2.19. The van der Waals surface area contributed by atoms with Gasteiger partial charge in [-0.3, -0.25) is 4.40 Å². The summed E-state index contributed by atoms with van der Waals surface area (Å²) in [5, 5.41) is 0. The van der Waals surface area contributed by atoms with Crippen molar-refractivity contribution in [3.63, 3.8) is 0 Å². The van der Waals surface area contributed by atoms with Gasteiger partial charge >= 0.3 is 0 Å². The van der Waals surface area contributed by atoms with Crippen LogP contribution in [0, 0.1) is 0 Å². The Morgan fingerprint density at radius 2 is 1.69 bits per heavy atom. The zero-order valence-corrected chi connectivity index (χ0v) is 15.9. The van der Waals surface area contributed by atoms with Gasteiger partial charge in [0.05, 0.1) is 25.6 Å². The Balaban J connectivity index is 2.01. The van der Waals surface area contributed by atoms with E-state index in [1.165, 1.54) is 0 Å². The third kappa shape index (κ3) is 2.82. The molecule has 0 aliphatic rings. The van der Waals surface area contributed by atoms with Gasteiger partial charge in [-0.15, -0.1) is 0 Å². The molecule has 2 heterocycles. The summed E-state index contributed by atoms with van der Waals surface area (Å²) in [6.45, 7) is 0. The van der Waals surface area contributed by atoms with Crippen molar-refractivity contribution < 1.29 is 9.47 Å². The molecule has 4 aromatic rings. The molecular formula is C20H16BrN3O2. The molecule has 0 aliphatic heterocycles. The van der Waals surface area contributed by atoms with Gasteiger partial charge in [0.1, 0.15) is 11.5 Å². The van der Waals surface area contributed by atoms with Gasteiger partial charge in [-0.05, 0) is 48.5 Å². The highest BCUT2D eigenvalue weighted by molar-refractivity contribution is 9.10. The number of rotatable bonds is 4. The van der Waals surface area contributed by atoms with Crippen molar-refractivity contribution in [2.45, 2.75) is 0 Å². The van der Waals surface area contributed by atoms with Crippen LogP contribution >= 0.6 is 15.9 Å². The topological polar surface area (TPSA) is 48.7 Å². The predicted molar refractivity (Wildman–Crippen MR) is 105 cm³/mol. The first-order chi connectivity index (χ1) is 12.7. The molecule has 0 N–H and O–H groups in total. The summed E-state index contributed by atoms with van der Waals surface area (Å²) in [6, 6.07) is 15.6. The highest BCUT2D eigenvalue weighted by Crippen LogP contribution is 2.38. The second-order valence-corrected chi connectivity index (χ2v) is 6.53.